The summed E-state index contributed by atoms with van der Waals surface area (Å²) in [5, 5.41) is 0. The number of hydrogen-bond donors (Lipinski definition) is 0. The molecule has 112 valence electrons. The van der Waals surface area contributed by atoms with Crippen molar-refractivity contribution >= 4 is 5.97 Å². The van der Waals surface area contributed by atoms with E-state index in [-0.39, 0.29) is 17.5 Å². The Labute approximate surface area is 123 Å². The summed E-state index contributed by atoms with van der Waals surface area (Å²) in [6, 6.07) is 0. The maximum atomic E-state index is 12.5. The highest BCUT2D eigenvalue weighted by atomic mass is 16.6. The van der Waals surface area contributed by atoms with Crippen LogP contribution in [0, 0.1) is 29.1 Å². The Morgan fingerprint density at radius 1 is 1.40 bits per heavy atom. The van der Waals surface area contributed by atoms with Crippen molar-refractivity contribution in [1.82, 2.24) is 0 Å². The molecule has 2 fully saturated rings. The van der Waals surface area contributed by atoms with Gasteiger partial charge in [-0.05, 0) is 37.5 Å². The van der Waals surface area contributed by atoms with Crippen LogP contribution in [0.25, 0.3) is 0 Å². The minimum Gasteiger partial charge on any atom is -0.462 e. The predicted octanol–water partition coefficient (Wildman–Crippen LogP) is 4.35. The second-order valence-corrected chi connectivity index (χ2v) is 7.33. The number of carbonyl (C=O) groups excluding carboxylic acids is 1. The van der Waals surface area contributed by atoms with Gasteiger partial charge in [0.05, 0.1) is 5.41 Å². The number of cyclic esters (lactones) is 1. The Balaban J connectivity index is 1.66. The number of unbranched alkanes of at least 4 members (excludes halogenated alkanes) is 1. The summed E-state index contributed by atoms with van der Waals surface area (Å²) in [6.45, 7) is 6.68. The summed E-state index contributed by atoms with van der Waals surface area (Å²) >= 11 is 0. The molecular formula is C18H28O2. The van der Waals surface area contributed by atoms with Gasteiger partial charge in [0.15, 0.2) is 0 Å². The standard InChI is InChI=1S/C18H28O2/c1-4-12(2)7-5-6-10-18-15-9-8-14(11-15)16(18)13(3)20-17(18)19/h8-9,12-16H,4-7,10-11H2,1-3H3/t12-,13-,14-,15+,16-,18+/m0/s1. The van der Waals surface area contributed by atoms with Crippen LogP contribution in [0.4, 0.5) is 0 Å². The first kappa shape index (κ1) is 14.2. The van der Waals surface area contributed by atoms with Crippen LogP contribution < -0.4 is 0 Å². The third-order valence-electron chi connectivity index (χ3n) is 6.25. The molecule has 2 aliphatic carbocycles. The van der Waals surface area contributed by atoms with E-state index in [4.69, 9.17) is 4.74 Å². The van der Waals surface area contributed by atoms with E-state index in [9.17, 15) is 4.79 Å². The van der Waals surface area contributed by atoms with Gasteiger partial charge in [0.25, 0.3) is 0 Å². The second-order valence-electron chi connectivity index (χ2n) is 7.33. The van der Waals surface area contributed by atoms with Crippen molar-refractivity contribution < 1.29 is 9.53 Å². The van der Waals surface area contributed by atoms with E-state index in [1.165, 1.54) is 32.1 Å². The lowest BCUT2D eigenvalue weighted by atomic mass is 9.65. The first-order chi connectivity index (χ1) is 9.59. The van der Waals surface area contributed by atoms with E-state index >= 15 is 0 Å². The van der Waals surface area contributed by atoms with Crippen LogP contribution in [-0.2, 0) is 9.53 Å². The van der Waals surface area contributed by atoms with Crippen molar-refractivity contribution in [3.63, 3.8) is 0 Å². The number of fused-ring (bicyclic) bond motifs is 5. The zero-order chi connectivity index (χ0) is 14.3. The highest BCUT2D eigenvalue weighted by molar-refractivity contribution is 5.81. The third-order valence-corrected chi connectivity index (χ3v) is 6.25. The van der Waals surface area contributed by atoms with Crippen molar-refractivity contribution in [2.75, 3.05) is 0 Å². The molecule has 0 N–H and O–H groups in total. The molecule has 1 saturated carbocycles. The van der Waals surface area contributed by atoms with Crippen molar-refractivity contribution in [3.8, 4) is 0 Å². The SMILES string of the molecule is CC[C@H](C)CCCC[C@]12C(=O)O[C@@H](C)[C@H]1[C@H]1C=C[C@@H]2C1. The zero-order valence-corrected chi connectivity index (χ0v) is 13.1. The maximum absolute atomic E-state index is 12.5. The van der Waals surface area contributed by atoms with E-state index in [2.05, 4.69) is 32.9 Å². The fourth-order valence-corrected chi connectivity index (χ4v) is 4.98. The third kappa shape index (κ3) is 1.95. The molecule has 0 amide bonds. The summed E-state index contributed by atoms with van der Waals surface area (Å²) in [7, 11) is 0. The average Bonchev–Trinajstić information content (AvgIpc) is 3.08. The van der Waals surface area contributed by atoms with Gasteiger partial charge in [0, 0.05) is 5.92 Å². The van der Waals surface area contributed by atoms with E-state index < -0.39 is 0 Å². The molecule has 1 saturated heterocycles. The van der Waals surface area contributed by atoms with Gasteiger partial charge in [-0.15, -0.1) is 0 Å². The number of carbonyl (C=O) groups is 1. The molecule has 1 heterocycles. The lowest BCUT2D eigenvalue weighted by molar-refractivity contribution is -0.150. The Morgan fingerprint density at radius 3 is 2.95 bits per heavy atom. The van der Waals surface area contributed by atoms with Crippen molar-refractivity contribution in [1.29, 1.82) is 0 Å². The lowest BCUT2D eigenvalue weighted by Gasteiger charge is -2.33. The summed E-state index contributed by atoms with van der Waals surface area (Å²) < 4.78 is 5.63. The molecular weight excluding hydrogens is 248 g/mol. The van der Waals surface area contributed by atoms with Crippen LogP contribution in [0.15, 0.2) is 12.2 Å². The average molecular weight is 276 g/mol. The fraction of sp³-hybridized carbons (Fsp3) is 0.833. The second kappa shape index (κ2) is 5.20. The summed E-state index contributed by atoms with van der Waals surface area (Å²) in [5.74, 6) is 2.43. The van der Waals surface area contributed by atoms with Crippen LogP contribution in [0.2, 0.25) is 0 Å². The van der Waals surface area contributed by atoms with Gasteiger partial charge in [-0.25, -0.2) is 0 Å². The zero-order valence-electron chi connectivity index (χ0n) is 13.1. The lowest BCUT2D eigenvalue weighted by Crippen LogP contribution is -2.38. The van der Waals surface area contributed by atoms with Gasteiger partial charge in [0.2, 0.25) is 0 Å². The van der Waals surface area contributed by atoms with Crippen molar-refractivity contribution in [2.24, 2.45) is 29.1 Å². The van der Waals surface area contributed by atoms with E-state index in [1.54, 1.807) is 0 Å². The van der Waals surface area contributed by atoms with Crippen molar-refractivity contribution in [2.45, 2.75) is 65.4 Å². The molecule has 3 rings (SSSR count). The van der Waals surface area contributed by atoms with Gasteiger partial charge in [-0.1, -0.05) is 51.7 Å². The van der Waals surface area contributed by atoms with E-state index in [0.29, 0.717) is 17.8 Å². The van der Waals surface area contributed by atoms with Crippen LogP contribution in [-0.4, -0.2) is 12.1 Å². The van der Waals surface area contributed by atoms with Crippen LogP contribution in [0.1, 0.15) is 59.3 Å². The molecule has 0 spiro atoms. The molecule has 2 bridgehead atoms. The first-order valence-corrected chi connectivity index (χ1v) is 8.49. The molecule has 0 aromatic heterocycles. The monoisotopic (exact) mass is 276 g/mol. The summed E-state index contributed by atoms with van der Waals surface area (Å²) in [6.07, 6.45) is 12.0. The number of esters is 1. The van der Waals surface area contributed by atoms with Gasteiger partial charge in [0.1, 0.15) is 6.10 Å². The molecule has 2 heteroatoms. The Hall–Kier alpha value is -0.790. The Kier molecular flexibility index (Phi) is 3.68. The molecule has 0 unspecified atom stereocenters. The summed E-state index contributed by atoms with van der Waals surface area (Å²) in [5.41, 5.74) is -0.158. The van der Waals surface area contributed by atoms with E-state index in [0.717, 1.165) is 12.3 Å². The largest absolute Gasteiger partial charge is 0.462 e. The summed E-state index contributed by atoms with van der Waals surface area (Å²) in [4.78, 5) is 12.5. The highest BCUT2D eigenvalue weighted by Crippen LogP contribution is 2.63. The first-order valence-electron chi connectivity index (χ1n) is 8.49. The number of rotatable bonds is 6. The topological polar surface area (TPSA) is 26.3 Å². The molecule has 6 atom stereocenters. The molecule has 3 aliphatic rings. The van der Waals surface area contributed by atoms with Gasteiger partial charge < -0.3 is 4.74 Å². The van der Waals surface area contributed by atoms with Crippen molar-refractivity contribution in [3.05, 3.63) is 12.2 Å². The smallest absolute Gasteiger partial charge is 0.313 e. The van der Waals surface area contributed by atoms with Gasteiger partial charge in [-0.2, -0.15) is 0 Å². The maximum Gasteiger partial charge on any atom is 0.313 e. The predicted molar refractivity (Wildman–Crippen MR) is 80.1 cm³/mol. The Morgan fingerprint density at radius 2 is 2.20 bits per heavy atom. The fourth-order valence-electron chi connectivity index (χ4n) is 4.98. The molecule has 0 aromatic carbocycles. The number of ether oxygens (including phenoxy) is 1. The molecule has 0 radical (unpaired) electrons. The van der Waals surface area contributed by atoms with E-state index in [1.807, 2.05) is 0 Å². The van der Waals surface area contributed by atoms with Gasteiger partial charge >= 0.3 is 5.97 Å². The normalized spacial score (nSPS) is 42.9. The quantitative estimate of drug-likeness (QED) is 0.409. The van der Waals surface area contributed by atoms with Gasteiger partial charge in [-0.3, -0.25) is 4.79 Å². The number of hydrogen-bond acceptors (Lipinski definition) is 2. The van der Waals surface area contributed by atoms with Crippen LogP contribution >= 0.6 is 0 Å². The Bertz CT molecular complexity index is 414. The minimum atomic E-state index is -0.158. The molecule has 2 nitrogen and oxygen atoms in total. The van der Waals surface area contributed by atoms with Crippen LogP contribution in [0.3, 0.4) is 0 Å². The molecule has 0 aromatic rings. The number of allylic oxidation sites excluding steroid dienone is 2. The minimum absolute atomic E-state index is 0.107. The molecule has 1 aliphatic heterocycles. The highest BCUT2D eigenvalue weighted by Gasteiger charge is 2.66. The molecule has 20 heavy (non-hydrogen) atoms. The van der Waals surface area contributed by atoms with Crippen LogP contribution in [0.5, 0.6) is 0 Å².